The van der Waals surface area contributed by atoms with Crippen LogP contribution in [0.4, 0.5) is 0 Å². The van der Waals surface area contributed by atoms with Gasteiger partial charge in [0.25, 0.3) is 5.91 Å². The molecule has 1 N–H and O–H groups in total. The molecule has 0 aliphatic rings. The number of nitrogens with one attached hydrogen (secondary N) is 1. The molecule has 1 heterocycles. The van der Waals surface area contributed by atoms with Crippen LogP contribution in [0.3, 0.4) is 0 Å². The lowest BCUT2D eigenvalue weighted by Gasteiger charge is -2.14. The summed E-state index contributed by atoms with van der Waals surface area (Å²) < 4.78 is 7.99. The third-order valence-electron chi connectivity index (χ3n) is 5.56. The second-order valence-corrected chi connectivity index (χ2v) is 8.49. The van der Waals surface area contributed by atoms with Crippen molar-refractivity contribution in [3.8, 4) is 5.75 Å². The maximum Gasteiger partial charge on any atom is 0.277 e. The van der Waals surface area contributed by atoms with Crippen LogP contribution in [0.25, 0.3) is 10.9 Å². The van der Waals surface area contributed by atoms with Crippen molar-refractivity contribution in [2.24, 2.45) is 5.10 Å². The largest absolute Gasteiger partial charge is 0.483 e. The maximum absolute atomic E-state index is 12.3. The molecule has 5 heteroatoms. The molecule has 0 unspecified atom stereocenters. The standard InChI is InChI=1S/C28H29N3O2/c1-20(2)24-14-13-21(3)15-27(24)33-19-28(32)30-29-16-23-18-31(17-22-9-5-4-6-10-22)26-12-8-7-11-25(23)26/h4-16,18,20H,17,19H2,1-3H3,(H,30,32). The van der Waals surface area contributed by atoms with E-state index in [1.54, 1.807) is 6.21 Å². The Balaban J connectivity index is 1.43. The first-order valence-corrected chi connectivity index (χ1v) is 11.2. The van der Waals surface area contributed by atoms with Crippen LogP contribution >= 0.6 is 0 Å². The van der Waals surface area contributed by atoms with Crippen LogP contribution in [-0.4, -0.2) is 23.3 Å². The first-order valence-electron chi connectivity index (χ1n) is 11.2. The molecule has 1 aromatic heterocycles. The quantitative estimate of drug-likeness (QED) is 0.285. The number of hydrogen-bond donors (Lipinski definition) is 1. The highest BCUT2D eigenvalue weighted by Crippen LogP contribution is 2.27. The predicted octanol–water partition coefficient (Wildman–Crippen LogP) is 5.65. The van der Waals surface area contributed by atoms with Gasteiger partial charge in [0.15, 0.2) is 6.61 Å². The smallest absolute Gasteiger partial charge is 0.277 e. The monoisotopic (exact) mass is 439 g/mol. The molecule has 0 saturated heterocycles. The van der Waals surface area contributed by atoms with Crippen LogP contribution in [-0.2, 0) is 11.3 Å². The third-order valence-corrected chi connectivity index (χ3v) is 5.56. The zero-order valence-corrected chi connectivity index (χ0v) is 19.3. The Morgan fingerprint density at radius 2 is 1.82 bits per heavy atom. The van der Waals surface area contributed by atoms with Crippen LogP contribution in [0.1, 0.15) is 42.0 Å². The van der Waals surface area contributed by atoms with Gasteiger partial charge in [-0.2, -0.15) is 5.10 Å². The summed E-state index contributed by atoms with van der Waals surface area (Å²) in [5.41, 5.74) is 8.06. The van der Waals surface area contributed by atoms with Crippen molar-refractivity contribution in [3.63, 3.8) is 0 Å². The first kappa shape index (κ1) is 22.3. The molecule has 3 aromatic carbocycles. The lowest BCUT2D eigenvalue weighted by Crippen LogP contribution is -2.25. The van der Waals surface area contributed by atoms with Crippen LogP contribution in [0.5, 0.6) is 5.75 Å². The zero-order valence-electron chi connectivity index (χ0n) is 19.3. The molecule has 4 rings (SSSR count). The van der Waals surface area contributed by atoms with Crippen LogP contribution in [0, 0.1) is 6.92 Å². The Labute approximate surface area is 194 Å². The van der Waals surface area contributed by atoms with E-state index in [0.717, 1.165) is 39.9 Å². The molecule has 0 bridgehead atoms. The average Bonchev–Trinajstić information content (AvgIpc) is 3.15. The van der Waals surface area contributed by atoms with Crippen molar-refractivity contribution in [1.29, 1.82) is 0 Å². The first-order chi connectivity index (χ1) is 16.0. The third kappa shape index (κ3) is 5.50. The van der Waals surface area contributed by atoms with Gasteiger partial charge >= 0.3 is 0 Å². The number of benzene rings is 3. The molecule has 0 radical (unpaired) electrons. The maximum atomic E-state index is 12.3. The number of rotatable bonds is 8. The van der Waals surface area contributed by atoms with E-state index < -0.39 is 0 Å². The van der Waals surface area contributed by atoms with Gasteiger partial charge in [-0.1, -0.05) is 74.5 Å². The van der Waals surface area contributed by atoms with Crippen LogP contribution in [0.2, 0.25) is 0 Å². The number of nitrogens with zero attached hydrogens (tertiary/aromatic N) is 2. The summed E-state index contributed by atoms with van der Waals surface area (Å²) in [6.45, 7) is 6.90. The Morgan fingerprint density at radius 1 is 1.06 bits per heavy atom. The number of ether oxygens (including phenoxy) is 1. The molecule has 1 amide bonds. The van der Waals surface area contributed by atoms with Gasteiger partial charge < -0.3 is 9.30 Å². The Morgan fingerprint density at radius 3 is 2.61 bits per heavy atom. The van der Waals surface area contributed by atoms with Crippen molar-refractivity contribution in [3.05, 3.63) is 101 Å². The number of fused-ring (bicyclic) bond motifs is 1. The van der Waals surface area contributed by atoms with Crippen molar-refractivity contribution < 1.29 is 9.53 Å². The summed E-state index contributed by atoms with van der Waals surface area (Å²) in [4.78, 5) is 12.3. The Hall–Kier alpha value is -3.86. The van der Waals surface area contributed by atoms with Gasteiger partial charge in [0.1, 0.15) is 5.75 Å². The number of carbonyl (C=O) groups excluding carboxylic acids is 1. The lowest BCUT2D eigenvalue weighted by molar-refractivity contribution is -0.123. The number of hydrazone groups is 1. The van der Waals surface area contributed by atoms with Crippen LogP contribution < -0.4 is 10.2 Å². The van der Waals surface area contributed by atoms with Crippen molar-refractivity contribution in [2.75, 3.05) is 6.61 Å². The van der Waals surface area contributed by atoms with E-state index in [9.17, 15) is 4.79 Å². The summed E-state index contributed by atoms with van der Waals surface area (Å²) in [6, 6.07) is 24.6. The SMILES string of the molecule is Cc1ccc(C(C)C)c(OCC(=O)NN=Cc2cn(Cc3ccccc3)c3ccccc23)c1. The zero-order chi connectivity index (χ0) is 23.2. The highest BCUT2D eigenvalue weighted by Gasteiger charge is 2.11. The van der Waals surface area contributed by atoms with Crippen molar-refractivity contribution >= 4 is 23.0 Å². The summed E-state index contributed by atoms with van der Waals surface area (Å²) in [6.07, 6.45) is 3.75. The molecule has 0 aliphatic carbocycles. The molecular weight excluding hydrogens is 410 g/mol. The van der Waals surface area contributed by atoms with E-state index >= 15 is 0 Å². The number of aromatic nitrogens is 1. The van der Waals surface area contributed by atoms with Crippen molar-refractivity contribution in [2.45, 2.75) is 33.2 Å². The summed E-state index contributed by atoms with van der Waals surface area (Å²) in [5, 5.41) is 5.27. The Bertz CT molecular complexity index is 1270. The summed E-state index contributed by atoms with van der Waals surface area (Å²) >= 11 is 0. The molecule has 0 spiro atoms. The van der Waals surface area contributed by atoms with Crippen molar-refractivity contribution in [1.82, 2.24) is 9.99 Å². The molecule has 168 valence electrons. The molecule has 0 fully saturated rings. The van der Waals surface area contributed by atoms with E-state index in [-0.39, 0.29) is 12.5 Å². The highest BCUT2D eigenvalue weighted by atomic mass is 16.5. The van der Waals surface area contributed by atoms with Gasteiger partial charge in [0, 0.05) is 29.2 Å². The summed E-state index contributed by atoms with van der Waals surface area (Å²) in [5.74, 6) is 0.762. The molecule has 0 saturated carbocycles. The number of aryl methyl sites for hydroxylation is 1. The molecule has 4 aromatic rings. The number of hydrogen-bond acceptors (Lipinski definition) is 3. The molecule has 33 heavy (non-hydrogen) atoms. The fraction of sp³-hybridized carbons (Fsp3) is 0.214. The second kappa shape index (κ2) is 10.2. The summed E-state index contributed by atoms with van der Waals surface area (Å²) in [7, 11) is 0. The molecule has 0 aliphatic heterocycles. The van der Waals surface area contributed by atoms with E-state index in [1.165, 1.54) is 5.56 Å². The normalized spacial score (nSPS) is 11.4. The lowest BCUT2D eigenvalue weighted by atomic mass is 10.0. The van der Waals surface area contributed by atoms with E-state index in [1.807, 2.05) is 43.3 Å². The fourth-order valence-corrected chi connectivity index (χ4v) is 3.88. The van der Waals surface area contributed by atoms with Gasteiger partial charge in [-0.25, -0.2) is 5.43 Å². The molecule has 0 atom stereocenters. The number of para-hydroxylation sites is 1. The number of carbonyl (C=O) groups is 1. The minimum absolute atomic E-state index is 0.0870. The van der Waals surface area contributed by atoms with Gasteiger partial charge in [0.05, 0.1) is 6.21 Å². The second-order valence-electron chi connectivity index (χ2n) is 8.49. The highest BCUT2D eigenvalue weighted by molar-refractivity contribution is 5.99. The van der Waals surface area contributed by atoms with Gasteiger partial charge in [-0.05, 0) is 41.7 Å². The van der Waals surface area contributed by atoms with E-state index in [2.05, 4.69) is 71.5 Å². The topological polar surface area (TPSA) is 55.6 Å². The minimum atomic E-state index is -0.296. The average molecular weight is 440 g/mol. The van der Waals surface area contributed by atoms with Gasteiger partial charge in [-0.3, -0.25) is 4.79 Å². The van der Waals surface area contributed by atoms with Crippen LogP contribution in [0.15, 0.2) is 84.1 Å². The predicted molar refractivity (Wildman–Crippen MR) is 134 cm³/mol. The fourth-order valence-electron chi connectivity index (χ4n) is 3.88. The Kier molecular flexibility index (Phi) is 6.89. The number of amides is 1. The minimum Gasteiger partial charge on any atom is -0.483 e. The molecular formula is C28H29N3O2. The molecule has 5 nitrogen and oxygen atoms in total. The van der Waals surface area contributed by atoms with Gasteiger partial charge in [-0.15, -0.1) is 0 Å². The van der Waals surface area contributed by atoms with Gasteiger partial charge in [0.2, 0.25) is 0 Å². The van der Waals surface area contributed by atoms with E-state index in [4.69, 9.17) is 4.74 Å². The van der Waals surface area contributed by atoms with E-state index in [0.29, 0.717) is 5.92 Å².